The van der Waals surface area contributed by atoms with Crippen molar-refractivity contribution in [3.8, 4) is 0 Å². The van der Waals surface area contributed by atoms with E-state index in [2.05, 4.69) is 21.9 Å². The summed E-state index contributed by atoms with van der Waals surface area (Å²) in [6.45, 7) is 4.36. The Balaban J connectivity index is 1.67. The number of H-pyrrole nitrogens is 1. The fraction of sp³-hybridized carbons (Fsp3) is 0.250. The van der Waals surface area contributed by atoms with Gasteiger partial charge in [-0.1, -0.05) is 25.1 Å². The van der Waals surface area contributed by atoms with Crippen LogP contribution >= 0.6 is 0 Å². The highest BCUT2D eigenvalue weighted by Gasteiger charge is 2.40. The minimum Gasteiger partial charge on any atom is -0.458 e. The molecule has 136 valence electrons. The van der Waals surface area contributed by atoms with Gasteiger partial charge in [0, 0.05) is 23.5 Å². The van der Waals surface area contributed by atoms with E-state index in [1.165, 1.54) is 6.39 Å². The summed E-state index contributed by atoms with van der Waals surface area (Å²) in [6, 6.07) is 9.35. The van der Waals surface area contributed by atoms with Gasteiger partial charge in [0.1, 0.15) is 17.4 Å². The number of amides is 1. The topological polar surface area (TPSA) is 88.2 Å². The molecule has 1 N–H and O–H groups in total. The van der Waals surface area contributed by atoms with Crippen LogP contribution in [0.25, 0.3) is 11.0 Å². The summed E-state index contributed by atoms with van der Waals surface area (Å²) in [6.07, 6.45) is 2.97. The third-order valence-corrected chi connectivity index (χ3v) is 5.15. The van der Waals surface area contributed by atoms with Crippen LogP contribution < -0.4 is 0 Å². The Bertz CT molecular complexity index is 1110. The molecule has 0 aliphatic carbocycles. The number of para-hydroxylation sites is 1. The van der Waals surface area contributed by atoms with Gasteiger partial charge in [-0.3, -0.25) is 4.79 Å². The highest BCUT2D eigenvalue weighted by atomic mass is 16.4. The van der Waals surface area contributed by atoms with Gasteiger partial charge in [-0.15, -0.1) is 0 Å². The lowest BCUT2D eigenvalue weighted by Gasteiger charge is -2.36. The van der Waals surface area contributed by atoms with Crippen LogP contribution in [-0.4, -0.2) is 32.3 Å². The van der Waals surface area contributed by atoms with Gasteiger partial charge in [-0.2, -0.15) is 0 Å². The van der Waals surface area contributed by atoms with E-state index in [9.17, 15) is 4.79 Å². The molecule has 2 atom stereocenters. The van der Waals surface area contributed by atoms with Gasteiger partial charge in [-0.05, 0) is 19.1 Å². The van der Waals surface area contributed by atoms with E-state index in [-0.39, 0.29) is 17.6 Å². The molecular weight excluding hydrogens is 344 g/mol. The number of hydrogen-bond acceptors (Lipinski definition) is 5. The molecule has 0 unspecified atom stereocenters. The summed E-state index contributed by atoms with van der Waals surface area (Å²) >= 11 is 0. The molecule has 1 amide bonds. The van der Waals surface area contributed by atoms with Crippen molar-refractivity contribution in [3.63, 3.8) is 0 Å². The van der Waals surface area contributed by atoms with Crippen molar-refractivity contribution in [1.29, 1.82) is 0 Å². The maximum atomic E-state index is 13.3. The van der Waals surface area contributed by atoms with Crippen LogP contribution in [0, 0.1) is 6.92 Å². The van der Waals surface area contributed by atoms with Crippen molar-refractivity contribution in [2.45, 2.75) is 25.8 Å². The molecule has 0 spiro atoms. The Labute approximate surface area is 155 Å². The minimum absolute atomic E-state index is 0.121. The third kappa shape index (κ3) is 2.38. The Hall–Kier alpha value is -3.35. The van der Waals surface area contributed by atoms with Gasteiger partial charge in [0.15, 0.2) is 6.39 Å². The smallest absolute Gasteiger partial charge is 0.292 e. The molecule has 7 heteroatoms. The summed E-state index contributed by atoms with van der Waals surface area (Å²) in [4.78, 5) is 26.8. The summed E-state index contributed by atoms with van der Waals surface area (Å²) in [5.41, 5.74) is 3.19. The summed E-state index contributed by atoms with van der Waals surface area (Å²) in [7, 11) is 0. The van der Waals surface area contributed by atoms with E-state index in [1.807, 2.05) is 30.3 Å². The van der Waals surface area contributed by atoms with Crippen molar-refractivity contribution in [2.75, 3.05) is 6.54 Å². The van der Waals surface area contributed by atoms with Gasteiger partial charge in [0.2, 0.25) is 5.76 Å². The lowest BCUT2D eigenvalue weighted by Crippen LogP contribution is -2.42. The molecule has 0 fully saturated rings. The number of aromatic nitrogens is 3. The number of carbonyl (C=O) groups excluding carboxylic acids is 1. The minimum atomic E-state index is -0.424. The average molecular weight is 362 g/mol. The number of fused-ring (bicyclic) bond motifs is 2. The largest absolute Gasteiger partial charge is 0.458 e. The Morgan fingerprint density at radius 2 is 2.15 bits per heavy atom. The molecule has 3 aromatic heterocycles. The normalized spacial score (nSPS) is 19.4. The maximum Gasteiger partial charge on any atom is 0.292 e. The zero-order valence-corrected chi connectivity index (χ0v) is 15.0. The molecule has 1 aromatic carbocycles. The Morgan fingerprint density at radius 1 is 1.30 bits per heavy atom. The van der Waals surface area contributed by atoms with Gasteiger partial charge in [0.25, 0.3) is 5.91 Å². The lowest BCUT2D eigenvalue weighted by atomic mass is 9.93. The first-order valence-corrected chi connectivity index (χ1v) is 8.86. The van der Waals surface area contributed by atoms with Crippen LogP contribution in [0.2, 0.25) is 0 Å². The number of oxazole rings is 1. The number of nitrogens with one attached hydrogen (secondary N) is 1. The number of aromatic amines is 1. The molecule has 0 saturated heterocycles. The monoisotopic (exact) mass is 362 g/mol. The van der Waals surface area contributed by atoms with E-state index >= 15 is 0 Å². The first-order valence-electron chi connectivity index (χ1n) is 8.86. The van der Waals surface area contributed by atoms with Crippen LogP contribution in [0.3, 0.4) is 0 Å². The second-order valence-electron chi connectivity index (χ2n) is 6.92. The number of benzene rings is 1. The van der Waals surface area contributed by atoms with Gasteiger partial charge in [-0.25, -0.2) is 9.97 Å². The summed E-state index contributed by atoms with van der Waals surface area (Å²) in [5.74, 6) is 0.843. The molecule has 4 heterocycles. The Morgan fingerprint density at radius 3 is 2.93 bits per heavy atom. The third-order valence-electron chi connectivity index (χ3n) is 5.15. The van der Waals surface area contributed by atoms with E-state index in [0.717, 1.165) is 22.4 Å². The Kier molecular flexibility index (Phi) is 3.43. The number of carbonyl (C=O) groups is 1. The molecule has 27 heavy (non-hydrogen) atoms. The summed E-state index contributed by atoms with van der Waals surface area (Å²) < 4.78 is 11.5. The molecule has 0 bridgehead atoms. The molecule has 5 rings (SSSR count). The van der Waals surface area contributed by atoms with Crippen LogP contribution in [-0.2, 0) is 0 Å². The second kappa shape index (κ2) is 5.84. The first-order chi connectivity index (χ1) is 13.1. The molecule has 4 aromatic rings. The highest BCUT2D eigenvalue weighted by molar-refractivity contribution is 5.93. The van der Waals surface area contributed by atoms with Gasteiger partial charge < -0.3 is 18.7 Å². The fourth-order valence-corrected chi connectivity index (χ4v) is 3.83. The molecule has 1 aliphatic heterocycles. The fourth-order valence-electron chi connectivity index (χ4n) is 3.83. The van der Waals surface area contributed by atoms with Crippen molar-refractivity contribution >= 4 is 16.9 Å². The zero-order valence-electron chi connectivity index (χ0n) is 15.0. The molecule has 1 aliphatic rings. The standard InChI is InChI=1S/C20H18N4O3/c1-11-8-24(20(25)19-12(2)23-10-26-19)18(17-16(11)21-9-22-17)15-7-13-5-3-4-6-14(13)27-15/h3-7,9-11,18H,8H2,1-2H3,(H,21,22)/t11-,18-/m1/s1. The number of furan rings is 1. The van der Waals surface area contributed by atoms with E-state index < -0.39 is 6.04 Å². The van der Waals surface area contributed by atoms with Crippen LogP contribution in [0.4, 0.5) is 0 Å². The van der Waals surface area contributed by atoms with E-state index in [4.69, 9.17) is 8.83 Å². The van der Waals surface area contributed by atoms with Crippen molar-refractivity contribution < 1.29 is 13.6 Å². The zero-order chi connectivity index (χ0) is 18.5. The first kappa shape index (κ1) is 15.9. The van der Waals surface area contributed by atoms with E-state index in [0.29, 0.717) is 18.0 Å². The predicted octanol–water partition coefficient (Wildman–Crippen LogP) is 3.80. The average Bonchev–Trinajstić information content (AvgIpc) is 3.39. The molecule has 0 saturated carbocycles. The maximum absolute atomic E-state index is 13.3. The van der Waals surface area contributed by atoms with Crippen LogP contribution in [0.15, 0.2) is 51.9 Å². The van der Waals surface area contributed by atoms with Crippen molar-refractivity contribution in [1.82, 2.24) is 19.9 Å². The number of aryl methyl sites for hydroxylation is 1. The lowest BCUT2D eigenvalue weighted by molar-refractivity contribution is 0.0620. The number of imidazole rings is 1. The molecular formula is C20H18N4O3. The molecule has 7 nitrogen and oxygen atoms in total. The van der Waals surface area contributed by atoms with Crippen LogP contribution in [0.1, 0.15) is 52.3 Å². The highest BCUT2D eigenvalue weighted by Crippen LogP contribution is 2.40. The SMILES string of the molecule is Cc1ncoc1C(=O)N1C[C@@H](C)c2[nH]cnc2[C@H]1c1cc2ccccc2o1. The number of rotatable bonds is 2. The quantitative estimate of drug-likeness (QED) is 0.586. The summed E-state index contributed by atoms with van der Waals surface area (Å²) in [5, 5.41) is 0.992. The number of hydrogen-bond donors (Lipinski definition) is 1. The van der Waals surface area contributed by atoms with Gasteiger partial charge >= 0.3 is 0 Å². The predicted molar refractivity (Wildman–Crippen MR) is 97.3 cm³/mol. The van der Waals surface area contributed by atoms with Crippen molar-refractivity contribution in [3.05, 3.63) is 71.7 Å². The van der Waals surface area contributed by atoms with Crippen molar-refractivity contribution in [2.24, 2.45) is 0 Å². The van der Waals surface area contributed by atoms with Gasteiger partial charge in [0.05, 0.1) is 17.7 Å². The van der Waals surface area contributed by atoms with Crippen LogP contribution in [0.5, 0.6) is 0 Å². The van der Waals surface area contributed by atoms with E-state index in [1.54, 1.807) is 18.2 Å². The number of nitrogens with zero attached hydrogens (tertiary/aromatic N) is 3. The molecule has 0 radical (unpaired) electrons. The second-order valence-corrected chi connectivity index (χ2v) is 6.92.